The highest BCUT2D eigenvalue weighted by Gasteiger charge is 2.65. The molecule has 206 valence electrons. The van der Waals surface area contributed by atoms with Crippen LogP contribution in [0.15, 0.2) is 30.3 Å². The molecular formula is C34H51BrO2. The first-order chi connectivity index (χ1) is 17.8. The summed E-state index contributed by atoms with van der Waals surface area (Å²) < 4.78 is 13.4. The largest absolute Gasteiger partial charge is 0.374 e. The Morgan fingerprint density at radius 2 is 1.78 bits per heavy atom. The second kappa shape index (κ2) is 10.5. The summed E-state index contributed by atoms with van der Waals surface area (Å²) in [6.45, 7) is 11.1. The van der Waals surface area contributed by atoms with Crippen LogP contribution in [0.4, 0.5) is 0 Å². The molecule has 1 aromatic carbocycles. The van der Waals surface area contributed by atoms with Crippen molar-refractivity contribution in [2.24, 2.45) is 52.3 Å². The van der Waals surface area contributed by atoms with Crippen molar-refractivity contribution < 1.29 is 9.47 Å². The lowest BCUT2D eigenvalue weighted by Gasteiger charge is -2.61. The van der Waals surface area contributed by atoms with Crippen molar-refractivity contribution in [3.63, 3.8) is 0 Å². The minimum atomic E-state index is 0.452. The highest BCUT2D eigenvalue weighted by atomic mass is 79.9. The van der Waals surface area contributed by atoms with E-state index in [-0.39, 0.29) is 0 Å². The predicted octanol–water partition coefficient (Wildman–Crippen LogP) is 9.06. The molecule has 1 aromatic rings. The Hall–Kier alpha value is -0.380. The summed E-state index contributed by atoms with van der Waals surface area (Å²) in [5.74, 6) is 5.85. The fourth-order valence-corrected chi connectivity index (χ4v) is 11.0. The fourth-order valence-electron chi connectivity index (χ4n) is 10.7. The molecule has 1 saturated heterocycles. The van der Waals surface area contributed by atoms with Crippen LogP contribution in [0.25, 0.3) is 0 Å². The Labute approximate surface area is 235 Å². The lowest BCUT2D eigenvalue weighted by atomic mass is 9.44. The van der Waals surface area contributed by atoms with Gasteiger partial charge < -0.3 is 9.47 Å². The summed E-state index contributed by atoms with van der Waals surface area (Å²) in [4.78, 5) is 0. The number of ether oxygens (including phenoxy) is 2. The molecule has 0 N–H and O–H groups in total. The van der Waals surface area contributed by atoms with E-state index >= 15 is 0 Å². The minimum absolute atomic E-state index is 0.452. The van der Waals surface area contributed by atoms with Gasteiger partial charge in [0.1, 0.15) is 0 Å². The van der Waals surface area contributed by atoms with E-state index in [9.17, 15) is 0 Å². The van der Waals surface area contributed by atoms with Crippen LogP contribution in [0.3, 0.4) is 0 Å². The lowest BCUT2D eigenvalue weighted by Crippen LogP contribution is -2.54. The van der Waals surface area contributed by atoms with Gasteiger partial charge in [-0.3, -0.25) is 0 Å². The van der Waals surface area contributed by atoms with E-state index in [1.54, 1.807) is 0 Å². The van der Waals surface area contributed by atoms with Gasteiger partial charge in [0.05, 0.1) is 24.9 Å². The third kappa shape index (κ3) is 4.69. The van der Waals surface area contributed by atoms with Crippen LogP contribution < -0.4 is 0 Å². The molecule has 3 heteroatoms. The van der Waals surface area contributed by atoms with Crippen LogP contribution >= 0.6 is 15.9 Å². The maximum Gasteiger partial charge on any atom is 0.0720 e. The van der Waals surface area contributed by atoms with Crippen molar-refractivity contribution in [3.05, 3.63) is 35.9 Å². The molecule has 0 aromatic heterocycles. The third-order valence-electron chi connectivity index (χ3n) is 12.7. The number of fused-ring (bicyclic) bond motifs is 7. The number of benzene rings is 1. The Balaban J connectivity index is 1.10. The van der Waals surface area contributed by atoms with Gasteiger partial charge in [0, 0.05) is 5.33 Å². The molecule has 4 aliphatic carbocycles. The molecule has 0 spiro atoms. The summed E-state index contributed by atoms with van der Waals surface area (Å²) >= 11 is 3.68. The first-order valence-electron chi connectivity index (χ1n) is 15.7. The molecule has 1 aliphatic heterocycles. The molecule has 2 nitrogen and oxygen atoms in total. The van der Waals surface area contributed by atoms with Crippen molar-refractivity contribution >= 4 is 15.9 Å². The van der Waals surface area contributed by atoms with Crippen LogP contribution in [-0.4, -0.2) is 23.6 Å². The Bertz CT molecular complexity index is 920. The van der Waals surface area contributed by atoms with E-state index in [2.05, 4.69) is 74.0 Å². The first kappa shape index (κ1) is 26.8. The van der Waals surface area contributed by atoms with Gasteiger partial charge in [0.25, 0.3) is 0 Å². The molecule has 0 bridgehead atoms. The minimum Gasteiger partial charge on any atom is -0.374 e. The summed E-state index contributed by atoms with van der Waals surface area (Å²) in [6, 6.07) is 10.7. The number of rotatable bonds is 7. The van der Waals surface area contributed by atoms with Crippen LogP contribution in [-0.2, 0) is 16.1 Å². The van der Waals surface area contributed by atoms with Gasteiger partial charge in [-0.05, 0) is 122 Å². The Morgan fingerprint density at radius 3 is 2.57 bits per heavy atom. The Morgan fingerprint density at radius 1 is 1.00 bits per heavy atom. The molecule has 7 unspecified atom stereocenters. The second-order valence-corrected chi connectivity index (χ2v) is 15.2. The van der Waals surface area contributed by atoms with Gasteiger partial charge in [-0.2, -0.15) is 0 Å². The lowest BCUT2D eigenvalue weighted by molar-refractivity contribution is -0.139. The molecule has 1 heterocycles. The van der Waals surface area contributed by atoms with Gasteiger partial charge in [-0.25, -0.2) is 0 Å². The zero-order valence-corrected chi connectivity index (χ0v) is 25.4. The quantitative estimate of drug-likeness (QED) is 0.304. The van der Waals surface area contributed by atoms with Crippen molar-refractivity contribution in [3.8, 4) is 0 Å². The first-order valence-corrected chi connectivity index (χ1v) is 16.8. The molecular weight excluding hydrogens is 520 g/mol. The van der Waals surface area contributed by atoms with Crippen molar-refractivity contribution in [2.75, 3.05) is 5.33 Å². The van der Waals surface area contributed by atoms with E-state index in [0.29, 0.717) is 29.1 Å². The zero-order valence-electron chi connectivity index (χ0n) is 23.8. The summed E-state index contributed by atoms with van der Waals surface area (Å²) in [5, 5.41) is 1.11. The van der Waals surface area contributed by atoms with Crippen LogP contribution in [0.1, 0.15) is 97.5 Å². The summed E-state index contributed by atoms with van der Waals surface area (Å²) in [7, 11) is 0. The van der Waals surface area contributed by atoms with Crippen molar-refractivity contribution in [1.82, 2.24) is 0 Å². The van der Waals surface area contributed by atoms with E-state index in [1.165, 1.54) is 69.8 Å². The summed E-state index contributed by atoms with van der Waals surface area (Å²) in [5.41, 5.74) is 2.34. The smallest absolute Gasteiger partial charge is 0.0720 e. The average Bonchev–Trinajstić information content (AvgIpc) is 3.39. The van der Waals surface area contributed by atoms with Crippen LogP contribution in [0, 0.1) is 52.3 Å². The van der Waals surface area contributed by atoms with E-state index in [0.717, 1.165) is 53.4 Å². The highest BCUT2D eigenvalue weighted by molar-refractivity contribution is 9.09. The maximum atomic E-state index is 6.91. The predicted molar refractivity (Wildman–Crippen MR) is 156 cm³/mol. The standard InChI is InChI=1S/C34H51BrO2/c1-22(20-35)10-13-30-23(2)32-31(37-30)19-29-27-12-11-25-18-26(36-21-24-8-6-5-7-9-24)14-16-33(25,3)28(27)15-17-34(29,32)4/h5-9,22-23,25-32H,10-21H2,1-4H3/t22-,23-,25?,26+,27?,28?,29?,30?,31?,32?,33+,34+/m1/s1. The van der Waals surface area contributed by atoms with Crippen LogP contribution in [0.2, 0.25) is 0 Å². The Kier molecular flexibility index (Phi) is 7.65. The molecule has 4 saturated carbocycles. The number of hydrogen-bond donors (Lipinski definition) is 0. The van der Waals surface area contributed by atoms with E-state index in [1.807, 2.05) is 0 Å². The summed E-state index contributed by atoms with van der Waals surface area (Å²) in [6.07, 6.45) is 15.1. The second-order valence-electron chi connectivity index (χ2n) is 14.6. The SMILES string of the molecule is C[C@@H](CBr)CCC1OC2CC3C4CCC5C[C@@H](OCc6ccccc6)CC[C@]5(C)C4CC[C@]3(C)C2[C@@H]1C. The highest BCUT2D eigenvalue weighted by Crippen LogP contribution is 2.70. The molecule has 5 fully saturated rings. The number of hydrogen-bond acceptors (Lipinski definition) is 2. The zero-order chi connectivity index (χ0) is 25.8. The number of halogens is 1. The molecule has 6 rings (SSSR count). The molecule has 0 radical (unpaired) electrons. The topological polar surface area (TPSA) is 18.5 Å². The van der Waals surface area contributed by atoms with E-state index < -0.39 is 0 Å². The van der Waals surface area contributed by atoms with Gasteiger partial charge in [-0.15, -0.1) is 0 Å². The fraction of sp³-hybridized carbons (Fsp3) is 0.824. The van der Waals surface area contributed by atoms with Crippen molar-refractivity contribution in [1.29, 1.82) is 0 Å². The van der Waals surface area contributed by atoms with Gasteiger partial charge in [0.15, 0.2) is 0 Å². The monoisotopic (exact) mass is 570 g/mol. The van der Waals surface area contributed by atoms with Crippen molar-refractivity contribution in [2.45, 2.75) is 117 Å². The molecule has 0 amide bonds. The molecule has 5 aliphatic rings. The normalized spacial score (nSPS) is 47.5. The molecule has 12 atom stereocenters. The van der Waals surface area contributed by atoms with E-state index in [4.69, 9.17) is 9.47 Å². The van der Waals surface area contributed by atoms with Gasteiger partial charge in [0.2, 0.25) is 0 Å². The van der Waals surface area contributed by atoms with Gasteiger partial charge >= 0.3 is 0 Å². The maximum absolute atomic E-state index is 6.91. The molecule has 37 heavy (non-hydrogen) atoms. The number of alkyl halides is 1. The average molecular weight is 572 g/mol. The van der Waals surface area contributed by atoms with Crippen LogP contribution in [0.5, 0.6) is 0 Å². The third-order valence-corrected chi connectivity index (χ3v) is 13.8. The van der Waals surface area contributed by atoms with Gasteiger partial charge in [-0.1, -0.05) is 74.0 Å².